The second kappa shape index (κ2) is 5.29. The minimum atomic E-state index is -0.178. The van der Waals surface area contributed by atoms with Gasteiger partial charge in [0.2, 0.25) is 0 Å². The summed E-state index contributed by atoms with van der Waals surface area (Å²) in [5.74, 6) is 0. The number of hydrogen-bond donors (Lipinski definition) is 1. The fourth-order valence-electron chi connectivity index (χ4n) is 1.67. The zero-order valence-corrected chi connectivity index (χ0v) is 10.8. The van der Waals surface area contributed by atoms with Crippen molar-refractivity contribution in [2.45, 2.75) is 12.6 Å². The van der Waals surface area contributed by atoms with Gasteiger partial charge in [-0.15, -0.1) is 0 Å². The summed E-state index contributed by atoms with van der Waals surface area (Å²) in [6, 6.07) is 13.1. The van der Waals surface area contributed by atoms with E-state index in [1.165, 1.54) is 0 Å². The lowest BCUT2D eigenvalue weighted by molar-refractivity contribution is 0.560. The first kappa shape index (κ1) is 12.1. The van der Waals surface area contributed by atoms with E-state index in [4.69, 9.17) is 5.73 Å². The highest BCUT2D eigenvalue weighted by atomic mass is 79.9. The van der Waals surface area contributed by atoms with E-state index < -0.39 is 0 Å². The summed E-state index contributed by atoms with van der Waals surface area (Å²) in [5, 5.41) is 0. The zero-order valence-electron chi connectivity index (χ0n) is 9.21. The van der Waals surface area contributed by atoms with Gasteiger partial charge in [0.05, 0.1) is 4.47 Å². The van der Waals surface area contributed by atoms with Crippen molar-refractivity contribution in [3.63, 3.8) is 0 Å². The third-order valence-electron chi connectivity index (χ3n) is 2.59. The van der Waals surface area contributed by atoms with E-state index >= 15 is 0 Å². The van der Waals surface area contributed by atoms with Crippen molar-refractivity contribution in [1.82, 2.24) is 4.57 Å². The molecule has 0 saturated carbocycles. The molecule has 2 N–H and O–H groups in total. The Hall–Kier alpha value is -1.39. The first-order valence-electron chi connectivity index (χ1n) is 5.34. The van der Waals surface area contributed by atoms with Crippen molar-refractivity contribution in [3.05, 3.63) is 69.1 Å². The number of nitrogens with two attached hydrogens (primary N) is 1. The van der Waals surface area contributed by atoms with Gasteiger partial charge < -0.3 is 10.3 Å². The van der Waals surface area contributed by atoms with Gasteiger partial charge in [0.15, 0.2) is 0 Å². The highest BCUT2D eigenvalue weighted by Crippen LogP contribution is 2.11. The number of rotatable bonds is 3. The summed E-state index contributed by atoms with van der Waals surface area (Å²) in [6.07, 6.45) is 1.75. The molecule has 0 aliphatic rings. The molecule has 0 amide bonds. The van der Waals surface area contributed by atoms with E-state index in [0.717, 1.165) is 5.56 Å². The van der Waals surface area contributed by atoms with Gasteiger partial charge in [-0.05, 0) is 33.6 Å². The average Bonchev–Trinajstić information content (AvgIpc) is 2.36. The molecule has 3 nitrogen and oxygen atoms in total. The third kappa shape index (κ3) is 2.84. The Labute approximate surface area is 108 Å². The van der Waals surface area contributed by atoms with E-state index in [1.807, 2.05) is 36.4 Å². The SMILES string of the molecule is NC(Cn1cccc(Br)c1=O)c1ccccc1. The monoisotopic (exact) mass is 292 g/mol. The Balaban J connectivity index is 2.22. The van der Waals surface area contributed by atoms with E-state index in [-0.39, 0.29) is 11.6 Å². The summed E-state index contributed by atoms with van der Waals surface area (Å²) >= 11 is 3.22. The van der Waals surface area contributed by atoms with Crippen LogP contribution in [0.2, 0.25) is 0 Å². The molecule has 1 unspecified atom stereocenters. The lowest BCUT2D eigenvalue weighted by Gasteiger charge is -2.13. The van der Waals surface area contributed by atoms with Crippen molar-refractivity contribution in [3.8, 4) is 0 Å². The molecule has 4 heteroatoms. The largest absolute Gasteiger partial charge is 0.322 e. The maximum Gasteiger partial charge on any atom is 0.264 e. The van der Waals surface area contributed by atoms with Crippen LogP contribution in [0.4, 0.5) is 0 Å². The van der Waals surface area contributed by atoms with Crippen LogP contribution >= 0.6 is 15.9 Å². The summed E-state index contributed by atoms with van der Waals surface area (Å²) in [5.41, 5.74) is 7.04. The van der Waals surface area contributed by atoms with Crippen LogP contribution < -0.4 is 11.3 Å². The Morgan fingerprint density at radius 3 is 2.59 bits per heavy atom. The molecule has 0 fully saturated rings. The van der Waals surface area contributed by atoms with Crippen LogP contribution in [0.15, 0.2) is 57.9 Å². The smallest absolute Gasteiger partial charge is 0.264 e. The van der Waals surface area contributed by atoms with Crippen LogP contribution in [0.3, 0.4) is 0 Å². The van der Waals surface area contributed by atoms with Crippen LogP contribution in [0.5, 0.6) is 0 Å². The van der Waals surface area contributed by atoms with Crippen molar-refractivity contribution >= 4 is 15.9 Å². The summed E-state index contributed by atoms with van der Waals surface area (Å²) < 4.78 is 2.17. The molecule has 0 bridgehead atoms. The molecule has 2 rings (SSSR count). The van der Waals surface area contributed by atoms with Crippen LogP contribution in [0, 0.1) is 0 Å². The van der Waals surface area contributed by atoms with Gasteiger partial charge in [0.25, 0.3) is 5.56 Å². The maximum absolute atomic E-state index is 11.8. The number of halogens is 1. The lowest BCUT2D eigenvalue weighted by Crippen LogP contribution is -2.26. The predicted molar refractivity (Wildman–Crippen MR) is 71.8 cm³/mol. The molecule has 1 aromatic heterocycles. The highest BCUT2D eigenvalue weighted by molar-refractivity contribution is 9.10. The van der Waals surface area contributed by atoms with E-state index in [0.29, 0.717) is 11.0 Å². The lowest BCUT2D eigenvalue weighted by atomic mass is 10.1. The molecule has 17 heavy (non-hydrogen) atoms. The summed E-state index contributed by atoms with van der Waals surface area (Å²) in [7, 11) is 0. The Kier molecular flexibility index (Phi) is 3.76. The molecule has 0 aliphatic carbocycles. The molecular formula is C13H13BrN2O. The molecule has 0 saturated heterocycles. The second-order valence-corrected chi connectivity index (χ2v) is 4.69. The molecule has 2 aromatic rings. The van der Waals surface area contributed by atoms with Crippen molar-refractivity contribution in [2.24, 2.45) is 5.73 Å². The van der Waals surface area contributed by atoms with Gasteiger partial charge in [0, 0.05) is 18.8 Å². The first-order valence-corrected chi connectivity index (χ1v) is 6.13. The third-order valence-corrected chi connectivity index (χ3v) is 3.20. The fourth-order valence-corrected chi connectivity index (χ4v) is 2.05. The van der Waals surface area contributed by atoms with Gasteiger partial charge in [-0.1, -0.05) is 30.3 Å². The normalized spacial score (nSPS) is 12.4. The Bertz CT molecular complexity index is 551. The van der Waals surface area contributed by atoms with E-state index in [2.05, 4.69) is 15.9 Å². The van der Waals surface area contributed by atoms with Crippen molar-refractivity contribution < 1.29 is 0 Å². The number of pyridine rings is 1. The van der Waals surface area contributed by atoms with E-state index in [1.54, 1.807) is 16.8 Å². The first-order chi connectivity index (χ1) is 8.18. The van der Waals surface area contributed by atoms with Crippen LogP contribution in [-0.4, -0.2) is 4.57 Å². The maximum atomic E-state index is 11.8. The standard InChI is InChI=1S/C13H13BrN2O/c14-11-7-4-8-16(13(11)17)9-12(15)10-5-2-1-3-6-10/h1-8,12H,9,15H2. The molecule has 1 aromatic carbocycles. The van der Waals surface area contributed by atoms with Crippen LogP contribution in [0.1, 0.15) is 11.6 Å². The quantitative estimate of drug-likeness (QED) is 0.944. The fraction of sp³-hybridized carbons (Fsp3) is 0.154. The minimum Gasteiger partial charge on any atom is -0.322 e. The molecular weight excluding hydrogens is 280 g/mol. The van der Waals surface area contributed by atoms with Gasteiger partial charge in [0.1, 0.15) is 0 Å². The van der Waals surface area contributed by atoms with Crippen LogP contribution in [-0.2, 0) is 6.54 Å². The topological polar surface area (TPSA) is 48.0 Å². The zero-order chi connectivity index (χ0) is 12.3. The number of benzene rings is 1. The van der Waals surface area contributed by atoms with Gasteiger partial charge in [-0.2, -0.15) is 0 Å². The summed E-state index contributed by atoms with van der Waals surface area (Å²) in [6.45, 7) is 0.474. The van der Waals surface area contributed by atoms with Gasteiger partial charge in [-0.25, -0.2) is 0 Å². The average molecular weight is 293 g/mol. The molecule has 0 radical (unpaired) electrons. The number of aromatic nitrogens is 1. The minimum absolute atomic E-state index is 0.0566. The highest BCUT2D eigenvalue weighted by Gasteiger charge is 2.08. The Morgan fingerprint density at radius 2 is 1.88 bits per heavy atom. The molecule has 1 heterocycles. The van der Waals surface area contributed by atoms with Crippen molar-refractivity contribution in [1.29, 1.82) is 0 Å². The molecule has 1 atom stereocenters. The summed E-state index contributed by atoms with van der Waals surface area (Å²) in [4.78, 5) is 11.8. The van der Waals surface area contributed by atoms with Crippen molar-refractivity contribution in [2.75, 3.05) is 0 Å². The number of hydrogen-bond acceptors (Lipinski definition) is 2. The van der Waals surface area contributed by atoms with Gasteiger partial charge in [-0.3, -0.25) is 4.79 Å². The Morgan fingerprint density at radius 1 is 1.18 bits per heavy atom. The van der Waals surface area contributed by atoms with Crippen LogP contribution in [0.25, 0.3) is 0 Å². The molecule has 88 valence electrons. The van der Waals surface area contributed by atoms with Gasteiger partial charge >= 0.3 is 0 Å². The molecule has 0 aliphatic heterocycles. The molecule has 0 spiro atoms. The van der Waals surface area contributed by atoms with E-state index in [9.17, 15) is 4.79 Å². The number of nitrogens with zero attached hydrogens (tertiary/aromatic N) is 1. The predicted octanol–water partition coefficient (Wildman–Crippen LogP) is 2.31. The second-order valence-electron chi connectivity index (χ2n) is 3.83.